The number of allylic oxidation sites excluding steroid dienone is 2. The zero-order valence-electron chi connectivity index (χ0n) is 25.2. The Morgan fingerprint density at radius 2 is 1.98 bits per heavy atom. The lowest BCUT2D eigenvalue weighted by molar-refractivity contribution is -0.223. The van der Waals surface area contributed by atoms with Gasteiger partial charge in [-0.05, 0) is 101 Å². The van der Waals surface area contributed by atoms with E-state index in [-0.39, 0.29) is 47.3 Å². The molecule has 0 aromatic rings. The highest BCUT2D eigenvalue weighted by molar-refractivity contribution is 5.82. The molecule has 0 spiro atoms. The summed E-state index contributed by atoms with van der Waals surface area (Å²) in [4.78, 5) is 25.5. The van der Waals surface area contributed by atoms with E-state index in [0.717, 1.165) is 57.1 Å². The second kappa shape index (κ2) is 12.3. The lowest BCUT2D eigenvalue weighted by atomic mass is 9.45. The van der Waals surface area contributed by atoms with Gasteiger partial charge in [-0.25, -0.2) is 4.79 Å². The molecule has 10 atom stereocenters. The van der Waals surface area contributed by atoms with Crippen molar-refractivity contribution in [3.8, 4) is 0 Å². The first-order chi connectivity index (χ1) is 19.2. The molecule has 5 aliphatic rings. The highest BCUT2D eigenvalue weighted by atomic mass is 16.6. The topological polar surface area (TPSA) is 94.1 Å². The molecule has 3 saturated carbocycles. The Labute approximate surface area is 240 Å². The van der Waals surface area contributed by atoms with Crippen molar-refractivity contribution < 1.29 is 28.9 Å². The molecule has 40 heavy (non-hydrogen) atoms. The van der Waals surface area contributed by atoms with E-state index < -0.39 is 5.97 Å². The first-order valence-corrected chi connectivity index (χ1v) is 15.8. The molecule has 1 saturated heterocycles. The summed E-state index contributed by atoms with van der Waals surface area (Å²) in [6.07, 6.45) is 10.4. The molecule has 5 rings (SSSR count). The summed E-state index contributed by atoms with van der Waals surface area (Å²) >= 11 is 0. The average molecular weight is 558 g/mol. The molecule has 0 radical (unpaired) electrons. The van der Waals surface area contributed by atoms with E-state index in [9.17, 15) is 14.7 Å². The Kier molecular flexibility index (Phi) is 9.13. The normalized spacial score (nSPS) is 40.2. The number of carboxylic acids is 1. The first-order valence-electron chi connectivity index (χ1n) is 15.8. The van der Waals surface area contributed by atoms with Crippen LogP contribution in [0.5, 0.6) is 0 Å². The summed E-state index contributed by atoms with van der Waals surface area (Å²) in [6, 6.07) is 0. The van der Waals surface area contributed by atoms with Gasteiger partial charge in [0.2, 0.25) is 0 Å². The van der Waals surface area contributed by atoms with Crippen LogP contribution in [0.2, 0.25) is 0 Å². The zero-order valence-corrected chi connectivity index (χ0v) is 25.2. The van der Waals surface area contributed by atoms with E-state index in [1.54, 1.807) is 6.08 Å². The van der Waals surface area contributed by atoms with Gasteiger partial charge in [-0.3, -0.25) is 4.79 Å². The van der Waals surface area contributed by atoms with Crippen LogP contribution in [-0.2, 0) is 23.8 Å². The number of carbonyl (C=O) groups excluding carboxylic acids is 1. The fourth-order valence-corrected chi connectivity index (χ4v) is 9.69. The van der Waals surface area contributed by atoms with Crippen LogP contribution in [0, 0.1) is 52.8 Å². The number of carboxylic acid groups (broad SMARTS) is 1. The van der Waals surface area contributed by atoms with Gasteiger partial charge in [0.15, 0.2) is 0 Å². The fraction of sp³-hybridized carbons (Fsp3) is 0.818. The predicted octanol–water partition coefficient (Wildman–Crippen LogP) is 5.25. The molecule has 7 nitrogen and oxygen atoms in total. The van der Waals surface area contributed by atoms with Crippen LogP contribution in [0.4, 0.5) is 0 Å². The summed E-state index contributed by atoms with van der Waals surface area (Å²) in [5.41, 5.74) is 2.24. The van der Waals surface area contributed by atoms with E-state index in [2.05, 4.69) is 25.2 Å². The molecule has 2 N–H and O–H groups in total. The third-order valence-electron chi connectivity index (χ3n) is 10.9. The summed E-state index contributed by atoms with van der Waals surface area (Å²) in [5, 5.41) is 13.5. The minimum absolute atomic E-state index is 0.164. The van der Waals surface area contributed by atoms with Gasteiger partial charge in [-0.2, -0.15) is 0 Å². The number of carbonyl (C=O) groups is 2. The van der Waals surface area contributed by atoms with Crippen LogP contribution in [0.1, 0.15) is 72.6 Å². The Balaban J connectivity index is 1.46. The Morgan fingerprint density at radius 3 is 2.67 bits per heavy atom. The van der Waals surface area contributed by atoms with E-state index in [4.69, 9.17) is 14.2 Å². The SMILES string of the molecule is CNCCO[C@@H]1C2COC[C@]3(C[C@H]1OC(=O)C=C(C)C)C1=CCC4C(CCC(CC(C)C)C4C(=O)O)C1CCC23. The minimum atomic E-state index is -0.601. The van der Waals surface area contributed by atoms with Crippen molar-refractivity contribution in [2.24, 2.45) is 52.8 Å². The first kappa shape index (κ1) is 29.8. The molecule has 0 aromatic heterocycles. The molecule has 0 amide bonds. The maximum absolute atomic E-state index is 12.9. The van der Waals surface area contributed by atoms with Crippen molar-refractivity contribution >= 4 is 11.9 Å². The summed E-state index contributed by atoms with van der Waals surface area (Å²) in [7, 11) is 1.92. The lowest BCUT2D eigenvalue weighted by Crippen LogP contribution is -2.64. The summed E-state index contributed by atoms with van der Waals surface area (Å²) in [5.74, 6) is 1.28. The zero-order chi connectivity index (χ0) is 28.6. The molecule has 4 aliphatic carbocycles. The molecule has 1 aliphatic heterocycles. The van der Waals surface area contributed by atoms with Crippen molar-refractivity contribution in [2.45, 2.75) is 84.8 Å². The van der Waals surface area contributed by atoms with Gasteiger partial charge in [-0.15, -0.1) is 0 Å². The molecule has 7 unspecified atom stereocenters. The Bertz CT molecular complexity index is 1000. The van der Waals surface area contributed by atoms with Crippen molar-refractivity contribution in [2.75, 3.05) is 33.4 Å². The number of aliphatic carboxylic acids is 1. The highest BCUT2D eigenvalue weighted by Crippen LogP contribution is 2.65. The van der Waals surface area contributed by atoms with Gasteiger partial charge in [0.1, 0.15) is 6.10 Å². The van der Waals surface area contributed by atoms with Crippen molar-refractivity contribution in [3.63, 3.8) is 0 Å². The molecule has 224 valence electrons. The summed E-state index contributed by atoms with van der Waals surface area (Å²) in [6.45, 7) is 10.9. The molecular weight excluding hydrogens is 506 g/mol. The molecule has 1 heterocycles. The number of esters is 1. The van der Waals surface area contributed by atoms with E-state index in [0.29, 0.717) is 43.5 Å². The largest absolute Gasteiger partial charge is 0.481 e. The molecule has 4 fully saturated rings. The smallest absolute Gasteiger partial charge is 0.331 e. The van der Waals surface area contributed by atoms with Crippen molar-refractivity contribution in [1.82, 2.24) is 5.32 Å². The maximum atomic E-state index is 12.9. The third-order valence-corrected chi connectivity index (χ3v) is 10.9. The minimum Gasteiger partial charge on any atom is -0.481 e. The van der Waals surface area contributed by atoms with E-state index >= 15 is 0 Å². The monoisotopic (exact) mass is 557 g/mol. The van der Waals surface area contributed by atoms with Crippen LogP contribution < -0.4 is 5.32 Å². The molecule has 2 bridgehead atoms. The van der Waals surface area contributed by atoms with Gasteiger partial charge < -0.3 is 24.6 Å². The Hall–Kier alpha value is -1.70. The number of likely N-dealkylation sites (N-methyl/N-ethyl adjacent to an activating group) is 1. The maximum Gasteiger partial charge on any atom is 0.331 e. The van der Waals surface area contributed by atoms with Gasteiger partial charge in [-0.1, -0.05) is 31.1 Å². The predicted molar refractivity (Wildman–Crippen MR) is 154 cm³/mol. The van der Waals surface area contributed by atoms with Crippen molar-refractivity contribution in [1.29, 1.82) is 0 Å². The second-order valence-electron chi connectivity index (χ2n) is 14.0. The molecule has 7 heteroatoms. The van der Waals surface area contributed by atoms with Gasteiger partial charge in [0.05, 0.1) is 31.8 Å². The standard InChI is InChI=1S/C33H51NO6/c1-19(2)14-21-6-7-22-23-8-10-27-25-17-38-18-33(27,26(23)11-9-24(22)30(21)32(36)37)16-28(31(25)39-13-12-34-5)40-29(35)15-20(3)4/h11,15,19,21-25,27-28,30-31,34H,6-10,12-14,16-18H2,1-5H3,(H,36,37)/t21?,22?,23?,24?,25?,27?,28-,30?,31-,33-/m1/s1. The van der Waals surface area contributed by atoms with Crippen molar-refractivity contribution in [3.05, 3.63) is 23.3 Å². The number of fused-ring (bicyclic) bond motifs is 3. The lowest BCUT2D eigenvalue weighted by Gasteiger charge is -2.63. The van der Waals surface area contributed by atoms with Crippen LogP contribution in [-0.4, -0.2) is 62.7 Å². The fourth-order valence-electron chi connectivity index (χ4n) is 9.69. The highest BCUT2D eigenvalue weighted by Gasteiger charge is 2.63. The van der Waals surface area contributed by atoms with Crippen LogP contribution >= 0.6 is 0 Å². The van der Waals surface area contributed by atoms with Crippen LogP contribution in [0.15, 0.2) is 23.3 Å². The number of rotatable bonds is 9. The van der Waals surface area contributed by atoms with Gasteiger partial charge >= 0.3 is 11.9 Å². The average Bonchev–Trinajstić information content (AvgIpc) is 2.88. The second-order valence-corrected chi connectivity index (χ2v) is 14.0. The Morgan fingerprint density at radius 1 is 1.18 bits per heavy atom. The molecule has 0 aromatic carbocycles. The summed E-state index contributed by atoms with van der Waals surface area (Å²) < 4.78 is 19.0. The van der Waals surface area contributed by atoms with Crippen LogP contribution in [0.3, 0.4) is 0 Å². The number of hydrogen-bond donors (Lipinski definition) is 2. The van der Waals surface area contributed by atoms with Gasteiger partial charge in [0.25, 0.3) is 0 Å². The molecular formula is C33H51NO6. The van der Waals surface area contributed by atoms with Gasteiger partial charge in [0, 0.05) is 24.0 Å². The van der Waals surface area contributed by atoms with E-state index in [1.165, 1.54) is 5.57 Å². The van der Waals surface area contributed by atoms with E-state index in [1.807, 2.05) is 20.9 Å². The number of hydrogen-bond acceptors (Lipinski definition) is 6. The quantitative estimate of drug-likeness (QED) is 0.173. The van der Waals surface area contributed by atoms with Crippen LogP contribution in [0.25, 0.3) is 0 Å². The third kappa shape index (κ3) is 5.55. The number of ether oxygens (including phenoxy) is 3. The number of nitrogens with one attached hydrogen (secondary N) is 1.